The van der Waals surface area contributed by atoms with E-state index in [-0.39, 0.29) is 21.7 Å². The summed E-state index contributed by atoms with van der Waals surface area (Å²) in [7, 11) is 0.462. The van der Waals surface area contributed by atoms with Crippen molar-refractivity contribution in [3.63, 3.8) is 0 Å². The van der Waals surface area contributed by atoms with Crippen molar-refractivity contribution < 1.29 is 13.2 Å². The van der Waals surface area contributed by atoms with Gasteiger partial charge in [-0.1, -0.05) is 52.4 Å². The Morgan fingerprint density at radius 1 is 1.24 bits per heavy atom. The Labute approximate surface area is 215 Å². The Morgan fingerprint density at radius 2 is 1.97 bits per heavy atom. The molecule has 3 heterocycles. The summed E-state index contributed by atoms with van der Waals surface area (Å²) in [5.74, 6) is -0.503. The van der Waals surface area contributed by atoms with Crippen LogP contribution < -0.4 is 10.6 Å². The molecule has 0 spiro atoms. The molecule has 1 unspecified atom stereocenters. The van der Waals surface area contributed by atoms with Crippen LogP contribution in [0, 0.1) is 0 Å². The largest absolute Gasteiger partial charge is 0.320 e. The molecule has 180 valence electrons. The number of nitrogens with one attached hydrogen (secondary N) is 2. The highest BCUT2D eigenvalue weighted by Crippen LogP contribution is 2.39. The molecular formula is C20H20Cl2N6O3S3. The van der Waals surface area contributed by atoms with Gasteiger partial charge in [-0.3, -0.25) is 9.78 Å². The van der Waals surface area contributed by atoms with Gasteiger partial charge in [0.15, 0.2) is 14.2 Å². The minimum Gasteiger partial charge on any atom is -0.320 e. The molecule has 0 aliphatic carbocycles. The molecule has 14 heteroatoms. The molecule has 34 heavy (non-hydrogen) atoms. The first-order chi connectivity index (χ1) is 16.1. The predicted octanol–water partition coefficient (Wildman–Crippen LogP) is 3.62. The number of hydrogen-bond donors (Lipinski definition) is 2. The number of anilines is 1. The lowest BCUT2D eigenvalue weighted by atomic mass is 10.1. The van der Waals surface area contributed by atoms with Crippen LogP contribution in [0.3, 0.4) is 0 Å². The minimum atomic E-state index is -3.45. The molecule has 0 fully saturated rings. The molecule has 1 atom stereocenters. The van der Waals surface area contributed by atoms with E-state index < -0.39 is 15.7 Å². The summed E-state index contributed by atoms with van der Waals surface area (Å²) in [6, 6.07) is 4.63. The van der Waals surface area contributed by atoms with Gasteiger partial charge in [0.2, 0.25) is 5.01 Å². The zero-order chi connectivity index (χ0) is 24.5. The second kappa shape index (κ2) is 10.4. The minimum absolute atomic E-state index is 0.00965. The molecule has 9 nitrogen and oxygen atoms in total. The van der Waals surface area contributed by atoms with E-state index in [0.29, 0.717) is 37.1 Å². The number of aromatic nitrogens is 3. The average molecular weight is 560 g/mol. The summed E-state index contributed by atoms with van der Waals surface area (Å²) in [6.45, 7) is 1.46. The molecule has 0 radical (unpaired) electrons. The van der Waals surface area contributed by atoms with Gasteiger partial charge in [-0.15, -0.1) is 10.2 Å². The second-order valence-corrected chi connectivity index (χ2v) is 12.8. The highest BCUT2D eigenvalue weighted by molar-refractivity contribution is 8.01. The summed E-state index contributed by atoms with van der Waals surface area (Å²) < 4.78 is 25.9. The predicted molar refractivity (Wildman–Crippen MR) is 134 cm³/mol. The zero-order valence-corrected chi connectivity index (χ0v) is 22.0. The summed E-state index contributed by atoms with van der Waals surface area (Å²) in [4.78, 5) is 19.4. The van der Waals surface area contributed by atoms with Crippen LogP contribution in [0.4, 0.5) is 5.69 Å². The van der Waals surface area contributed by atoms with Crippen LogP contribution in [0.15, 0.2) is 44.7 Å². The number of carbonyl (C=O) groups is 1. The van der Waals surface area contributed by atoms with Crippen LogP contribution in [0.25, 0.3) is 0 Å². The molecule has 1 amide bonds. The molecule has 2 N–H and O–H groups in total. The zero-order valence-electron chi connectivity index (χ0n) is 18.1. The van der Waals surface area contributed by atoms with E-state index in [1.165, 1.54) is 30.2 Å². The van der Waals surface area contributed by atoms with Crippen molar-refractivity contribution in [1.29, 1.82) is 0 Å². The molecule has 0 saturated heterocycles. The Kier molecular flexibility index (Phi) is 7.77. The van der Waals surface area contributed by atoms with E-state index >= 15 is 0 Å². The van der Waals surface area contributed by atoms with Crippen molar-refractivity contribution in [3.8, 4) is 0 Å². The number of likely N-dealkylation sites (N-methyl/N-ethyl adjacent to an activating group) is 1. The highest BCUT2D eigenvalue weighted by atomic mass is 35.5. The molecular weight excluding hydrogens is 539 g/mol. The Bertz CT molecular complexity index is 1310. The van der Waals surface area contributed by atoms with E-state index in [1.807, 2.05) is 19.0 Å². The summed E-state index contributed by atoms with van der Waals surface area (Å²) >= 11 is 14.5. The summed E-state index contributed by atoms with van der Waals surface area (Å²) in [5.41, 5.74) is 1.07. The molecule has 1 aliphatic rings. The van der Waals surface area contributed by atoms with Gasteiger partial charge in [0.1, 0.15) is 0 Å². The number of benzene rings is 1. The van der Waals surface area contributed by atoms with Gasteiger partial charge in [0.25, 0.3) is 5.91 Å². The van der Waals surface area contributed by atoms with Crippen LogP contribution in [0.5, 0.6) is 0 Å². The van der Waals surface area contributed by atoms with Crippen molar-refractivity contribution in [2.75, 3.05) is 38.3 Å². The van der Waals surface area contributed by atoms with Gasteiger partial charge in [-0.25, -0.2) is 8.42 Å². The fraction of sp³-hybridized carbons (Fsp3) is 0.300. The van der Waals surface area contributed by atoms with Gasteiger partial charge in [0.05, 0.1) is 25.6 Å². The lowest BCUT2D eigenvalue weighted by Crippen LogP contribution is -2.30. The van der Waals surface area contributed by atoms with Gasteiger partial charge in [-0.05, 0) is 31.8 Å². The van der Waals surface area contributed by atoms with Crippen molar-refractivity contribution in [2.45, 2.75) is 20.2 Å². The van der Waals surface area contributed by atoms with Gasteiger partial charge < -0.3 is 15.5 Å². The van der Waals surface area contributed by atoms with Crippen LogP contribution in [0.1, 0.15) is 21.4 Å². The van der Waals surface area contributed by atoms with Crippen molar-refractivity contribution >= 4 is 67.7 Å². The first kappa shape index (κ1) is 25.3. The number of nitrogens with zero attached hydrogens (tertiary/aromatic N) is 4. The molecule has 0 saturated carbocycles. The average Bonchev–Trinajstić information content (AvgIpc) is 3.33. The SMILES string of the molecule is CN(C)CCNC1CS(=O)(=O)c2cc(NC(=O)c3nnc(Sc4c(Cl)cncc4Cl)s3)ccc21. The number of hydrogen-bond acceptors (Lipinski definition) is 10. The van der Waals surface area contributed by atoms with E-state index in [1.54, 1.807) is 12.1 Å². The molecule has 1 aliphatic heterocycles. The Balaban J connectivity index is 1.46. The first-order valence-corrected chi connectivity index (χ1v) is 14.0. The molecule has 1 aromatic carbocycles. The molecule has 2 aromatic heterocycles. The molecule has 0 bridgehead atoms. The first-order valence-electron chi connectivity index (χ1n) is 10.0. The third-order valence-electron chi connectivity index (χ3n) is 4.92. The van der Waals surface area contributed by atoms with Crippen LogP contribution in [-0.4, -0.2) is 67.3 Å². The van der Waals surface area contributed by atoms with Gasteiger partial charge >= 0.3 is 0 Å². The normalized spacial score (nSPS) is 16.6. The van der Waals surface area contributed by atoms with Gasteiger partial charge in [-0.2, -0.15) is 0 Å². The van der Waals surface area contributed by atoms with E-state index in [9.17, 15) is 13.2 Å². The number of sulfone groups is 1. The number of halogens is 2. The fourth-order valence-corrected chi connectivity index (χ4v) is 7.38. The Hall–Kier alpha value is -1.80. The smallest absolute Gasteiger partial charge is 0.286 e. The number of pyridine rings is 1. The fourth-order valence-electron chi connectivity index (χ4n) is 3.31. The van der Waals surface area contributed by atoms with Crippen molar-refractivity contribution in [2.24, 2.45) is 0 Å². The topological polar surface area (TPSA) is 117 Å². The molecule has 4 rings (SSSR count). The maximum absolute atomic E-state index is 12.7. The van der Waals surface area contributed by atoms with E-state index in [0.717, 1.165) is 17.9 Å². The van der Waals surface area contributed by atoms with Gasteiger partial charge in [0, 0.05) is 37.2 Å². The second-order valence-electron chi connectivity index (χ2n) is 7.71. The van der Waals surface area contributed by atoms with E-state index in [2.05, 4.69) is 25.8 Å². The quantitative estimate of drug-likeness (QED) is 0.427. The molecule has 3 aromatic rings. The van der Waals surface area contributed by atoms with E-state index in [4.69, 9.17) is 23.2 Å². The van der Waals surface area contributed by atoms with Crippen LogP contribution in [0.2, 0.25) is 10.0 Å². The highest BCUT2D eigenvalue weighted by Gasteiger charge is 2.34. The summed E-state index contributed by atoms with van der Waals surface area (Å²) in [6.07, 6.45) is 2.93. The third-order valence-corrected chi connectivity index (χ3v) is 9.63. The summed E-state index contributed by atoms with van der Waals surface area (Å²) in [5, 5.41) is 14.8. The number of carbonyl (C=O) groups excluding carboxylic acids is 1. The van der Waals surface area contributed by atoms with Crippen molar-refractivity contribution in [1.82, 2.24) is 25.4 Å². The van der Waals surface area contributed by atoms with Crippen LogP contribution in [-0.2, 0) is 9.84 Å². The maximum atomic E-state index is 12.7. The monoisotopic (exact) mass is 558 g/mol. The third kappa shape index (κ3) is 5.70. The Morgan fingerprint density at radius 3 is 2.68 bits per heavy atom. The maximum Gasteiger partial charge on any atom is 0.286 e. The van der Waals surface area contributed by atoms with Crippen LogP contribution >= 0.6 is 46.3 Å². The number of fused-ring (bicyclic) bond motifs is 1. The number of rotatable bonds is 8. The lowest BCUT2D eigenvalue weighted by molar-refractivity contribution is 0.102. The number of amides is 1. The lowest BCUT2D eigenvalue weighted by Gasteiger charge is -2.15. The standard InChI is InChI=1S/C20H20Cl2N6O3S3/c1-28(2)6-5-24-15-10-34(30,31)16-7-11(3-4-12(15)16)25-18(29)19-26-27-20(33-19)32-17-13(21)8-23-9-14(17)22/h3-4,7-9,15,24H,5-6,10H2,1-2H3,(H,25,29). The van der Waals surface area contributed by atoms with Crippen molar-refractivity contribution in [3.05, 3.63) is 51.2 Å².